The molecule has 0 spiro atoms. The first-order chi connectivity index (χ1) is 10.3. The number of carbonyl (C=O) groups is 1. The van der Waals surface area contributed by atoms with E-state index >= 15 is 0 Å². The molecule has 1 fully saturated rings. The quantitative estimate of drug-likeness (QED) is 0.904. The molecular weight excluding hydrogens is 262 g/mol. The van der Waals surface area contributed by atoms with Gasteiger partial charge in [0, 0.05) is 18.4 Å². The second kappa shape index (κ2) is 6.14. The van der Waals surface area contributed by atoms with Crippen LogP contribution in [-0.4, -0.2) is 28.4 Å². The lowest BCUT2D eigenvalue weighted by Crippen LogP contribution is -2.44. The average molecular weight is 283 g/mol. The Morgan fingerprint density at radius 2 is 2.10 bits per heavy atom. The maximum Gasteiger partial charge on any atom is 0.240 e. The molecule has 0 aliphatic carbocycles. The van der Waals surface area contributed by atoms with Gasteiger partial charge in [-0.05, 0) is 37.0 Å². The van der Waals surface area contributed by atoms with Crippen molar-refractivity contribution in [3.63, 3.8) is 0 Å². The normalized spacial score (nSPS) is 19.7. The minimum absolute atomic E-state index is 0.0518. The number of H-pyrrole nitrogens is 1. The van der Waals surface area contributed by atoms with Crippen LogP contribution >= 0.6 is 0 Å². The summed E-state index contributed by atoms with van der Waals surface area (Å²) in [5, 5.41) is 0. The van der Waals surface area contributed by atoms with E-state index in [1.807, 2.05) is 53.6 Å². The van der Waals surface area contributed by atoms with Crippen LogP contribution in [0.25, 0.3) is 0 Å². The zero-order valence-corrected chi connectivity index (χ0v) is 12.0. The van der Waals surface area contributed by atoms with Gasteiger partial charge in [-0.25, -0.2) is 0 Å². The number of aromatic amines is 1. The highest BCUT2D eigenvalue weighted by molar-refractivity contribution is 5.82. The molecule has 2 heterocycles. The zero-order valence-electron chi connectivity index (χ0n) is 12.0. The van der Waals surface area contributed by atoms with Crippen molar-refractivity contribution in [3.8, 4) is 0 Å². The number of likely N-dealkylation sites (tertiary alicyclic amines) is 1. The Kier molecular flexibility index (Phi) is 4.06. The van der Waals surface area contributed by atoms with Crippen molar-refractivity contribution in [2.45, 2.75) is 31.3 Å². The summed E-state index contributed by atoms with van der Waals surface area (Å²) in [4.78, 5) is 17.8. The Bertz CT molecular complexity index is 579. The smallest absolute Gasteiger partial charge is 0.240 e. The predicted octanol–water partition coefficient (Wildman–Crippen LogP) is 2.25. The van der Waals surface area contributed by atoms with Crippen LogP contribution in [0, 0.1) is 0 Å². The Morgan fingerprint density at radius 1 is 1.29 bits per heavy atom. The van der Waals surface area contributed by atoms with Gasteiger partial charge in [0.1, 0.15) is 0 Å². The highest BCUT2D eigenvalue weighted by Crippen LogP contribution is 2.31. The SMILES string of the molecule is N[C@H](Cc1ccccc1)C(=O)N1CCCC1c1ccc[nH]1. The number of aromatic nitrogens is 1. The highest BCUT2D eigenvalue weighted by atomic mass is 16.2. The van der Waals surface area contributed by atoms with E-state index in [-0.39, 0.29) is 11.9 Å². The van der Waals surface area contributed by atoms with Crippen LogP contribution < -0.4 is 5.73 Å². The van der Waals surface area contributed by atoms with Crippen LogP contribution in [-0.2, 0) is 11.2 Å². The molecule has 3 N–H and O–H groups in total. The third kappa shape index (κ3) is 3.00. The van der Waals surface area contributed by atoms with E-state index in [4.69, 9.17) is 5.73 Å². The van der Waals surface area contributed by atoms with Crippen molar-refractivity contribution in [2.24, 2.45) is 5.73 Å². The molecule has 1 unspecified atom stereocenters. The number of hydrogen-bond donors (Lipinski definition) is 2. The number of amides is 1. The number of carbonyl (C=O) groups excluding carboxylic acids is 1. The maximum atomic E-state index is 12.6. The van der Waals surface area contributed by atoms with Gasteiger partial charge in [-0.2, -0.15) is 0 Å². The molecule has 1 aliphatic rings. The summed E-state index contributed by atoms with van der Waals surface area (Å²) in [6, 6.07) is 13.6. The summed E-state index contributed by atoms with van der Waals surface area (Å²) in [6.07, 6.45) is 4.53. The van der Waals surface area contributed by atoms with E-state index in [2.05, 4.69) is 4.98 Å². The van der Waals surface area contributed by atoms with Gasteiger partial charge in [0.15, 0.2) is 0 Å². The van der Waals surface area contributed by atoms with E-state index in [1.165, 1.54) is 0 Å². The van der Waals surface area contributed by atoms with E-state index < -0.39 is 6.04 Å². The molecule has 2 atom stereocenters. The van der Waals surface area contributed by atoms with Crippen LogP contribution in [0.15, 0.2) is 48.7 Å². The predicted molar refractivity (Wildman–Crippen MR) is 82.6 cm³/mol. The van der Waals surface area contributed by atoms with E-state index in [9.17, 15) is 4.79 Å². The number of nitrogens with one attached hydrogen (secondary N) is 1. The number of benzene rings is 1. The van der Waals surface area contributed by atoms with Crippen LogP contribution in [0.2, 0.25) is 0 Å². The molecule has 3 rings (SSSR count). The first kappa shape index (κ1) is 13.9. The fourth-order valence-electron chi connectivity index (χ4n) is 3.07. The molecule has 4 nitrogen and oxygen atoms in total. The first-order valence-electron chi connectivity index (χ1n) is 7.49. The standard InChI is InChI=1S/C17H21N3O/c18-14(12-13-6-2-1-3-7-13)17(21)20-11-5-9-16(20)15-8-4-10-19-15/h1-4,6-8,10,14,16,19H,5,9,11-12,18H2/t14-,16?/m1/s1. The number of rotatable bonds is 4. The average Bonchev–Trinajstić information content (AvgIpc) is 3.18. The van der Waals surface area contributed by atoms with Gasteiger partial charge in [-0.1, -0.05) is 30.3 Å². The van der Waals surface area contributed by atoms with Crippen LogP contribution in [0.4, 0.5) is 0 Å². The van der Waals surface area contributed by atoms with Crippen molar-refractivity contribution in [1.82, 2.24) is 9.88 Å². The van der Waals surface area contributed by atoms with Crippen molar-refractivity contribution in [1.29, 1.82) is 0 Å². The van der Waals surface area contributed by atoms with Crippen molar-refractivity contribution < 1.29 is 4.79 Å². The summed E-state index contributed by atoms with van der Waals surface area (Å²) in [6.45, 7) is 0.797. The largest absolute Gasteiger partial charge is 0.363 e. The van der Waals surface area contributed by atoms with Gasteiger partial charge in [0.05, 0.1) is 12.1 Å². The Morgan fingerprint density at radius 3 is 2.81 bits per heavy atom. The summed E-state index contributed by atoms with van der Waals surface area (Å²) >= 11 is 0. The highest BCUT2D eigenvalue weighted by Gasteiger charge is 2.33. The summed E-state index contributed by atoms with van der Waals surface area (Å²) in [5.41, 5.74) is 8.35. The Hall–Kier alpha value is -2.07. The van der Waals surface area contributed by atoms with E-state index in [1.54, 1.807) is 0 Å². The molecule has 0 radical (unpaired) electrons. The van der Waals surface area contributed by atoms with Gasteiger partial charge in [-0.3, -0.25) is 4.79 Å². The van der Waals surface area contributed by atoms with Crippen molar-refractivity contribution in [2.75, 3.05) is 6.54 Å². The summed E-state index contributed by atoms with van der Waals surface area (Å²) in [5.74, 6) is 0.0518. The zero-order chi connectivity index (χ0) is 14.7. The monoisotopic (exact) mass is 283 g/mol. The minimum Gasteiger partial charge on any atom is -0.363 e. The molecule has 1 aromatic carbocycles. The third-order valence-electron chi connectivity index (χ3n) is 4.13. The van der Waals surface area contributed by atoms with Gasteiger partial charge < -0.3 is 15.6 Å². The molecule has 110 valence electrons. The Labute approximate surface area is 125 Å². The van der Waals surface area contributed by atoms with E-state index in [0.717, 1.165) is 30.6 Å². The molecule has 1 aromatic heterocycles. The molecule has 4 heteroatoms. The fraction of sp³-hybridized carbons (Fsp3) is 0.353. The lowest BCUT2D eigenvalue weighted by molar-refractivity contribution is -0.133. The van der Waals surface area contributed by atoms with Crippen LogP contribution in [0.5, 0.6) is 0 Å². The second-order valence-corrected chi connectivity index (χ2v) is 5.61. The molecule has 0 bridgehead atoms. The summed E-state index contributed by atoms with van der Waals surface area (Å²) in [7, 11) is 0. The number of nitrogens with zero attached hydrogens (tertiary/aromatic N) is 1. The lowest BCUT2D eigenvalue weighted by Gasteiger charge is -2.27. The van der Waals surface area contributed by atoms with Crippen molar-refractivity contribution in [3.05, 3.63) is 59.9 Å². The number of nitrogens with two attached hydrogens (primary N) is 1. The lowest BCUT2D eigenvalue weighted by atomic mass is 10.0. The molecule has 1 aliphatic heterocycles. The van der Waals surface area contributed by atoms with Crippen LogP contribution in [0.1, 0.15) is 30.1 Å². The Balaban J connectivity index is 1.69. The number of hydrogen-bond acceptors (Lipinski definition) is 2. The fourth-order valence-corrected chi connectivity index (χ4v) is 3.07. The molecule has 2 aromatic rings. The summed E-state index contributed by atoms with van der Waals surface area (Å²) < 4.78 is 0. The van der Waals surface area contributed by atoms with Gasteiger partial charge in [0.2, 0.25) is 5.91 Å². The molecular formula is C17H21N3O. The molecule has 1 amide bonds. The van der Waals surface area contributed by atoms with Crippen molar-refractivity contribution >= 4 is 5.91 Å². The molecule has 0 saturated carbocycles. The van der Waals surface area contributed by atoms with Gasteiger partial charge in [0.25, 0.3) is 0 Å². The molecule has 1 saturated heterocycles. The maximum absolute atomic E-state index is 12.6. The third-order valence-corrected chi connectivity index (χ3v) is 4.13. The first-order valence-corrected chi connectivity index (χ1v) is 7.49. The van der Waals surface area contributed by atoms with Gasteiger partial charge in [-0.15, -0.1) is 0 Å². The second-order valence-electron chi connectivity index (χ2n) is 5.61. The van der Waals surface area contributed by atoms with E-state index in [0.29, 0.717) is 6.42 Å². The van der Waals surface area contributed by atoms with Gasteiger partial charge >= 0.3 is 0 Å². The van der Waals surface area contributed by atoms with Crippen LogP contribution in [0.3, 0.4) is 0 Å². The topological polar surface area (TPSA) is 62.1 Å². The minimum atomic E-state index is -0.469. The molecule has 21 heavy (non-hydrogen) atoms.